The predicted molar refractivity (Wildman–Crippen MR) is 67.5 cm³/mol. The van der Waals surface area contributed by atoms with E-state index in [2.05, 4.69) is 5.32 Å². The molecule has 2 amide bonds. The number of nitrogens with one attached hydrogen (secondary N) is 2. The number of hydrogen-bond donors (Lipinski definition) is 3. The van der Waals surface area contributed by atoms with E-state index >= 15 is 0 Å². The van der Waals surface area contributed by atoms with Crippen molar-refractivity contribution in [1.29, 1.82) is 5.41 Å². The average Bonchev–Trinajstić information content (AvgIpc) is 2.17. The number of nitrogens with two attached hydrogens (primary N) is 1. The van der Waals surface area contributed by atoms with Gasteiger partial charge in [0.25, 0.3) is 0 Å². The first kappa shape index (κ1) is 14.5. The maximum Gasteiger partial charge on any atom is 0.318 e. The Balaban J connectivity index is 0.00000225. The van der Waals surface area contributed by atoms with Crippen molar-refractivity contribution in [1.82, 2.24) is 5.32 Å². The van der Waals surface area contributed by atoms with Crippen LogP contribution in [0.4, 0.5) is 10.5 Å². The summed E-state index contributed by atoms with van der Waals surface area (Å²) in [6.07, 6.45) is 0. The monoisotopic (exact) mass is 262 g/mol. The summed E-state index contributed by atoms with van der Waals surface area (Å²) >= 11 is 5.72. The molecule has 4 N–H and O–H groups in total. The van der Waals surface area contributed by atoms with E-state index in [0.29, 0.717) is 5.02 Å². The fourth-order valence-electron chi connectivity index (χ4n) is 0.994. The summed E-state index contributed by atoms with van der Waals surface area (Å²) in [5, 5.41) is 10.3. The van der Waals surface area contributed by atoms with Crippen molar-refractivity contribution in [3.63, 3.8) is 0 Å². The van der Waals surface area contributed by atoms with Crippen molar-refractivity contribution < 1.29 is 4.79 Å². The molecule has 1 rings (SSSR count). The molecule has 0 aliphatic carbocycles. The molecular weight excluding hydrogens is 251 g/mol. The lowest BCUT2D eigenvalue weighted by molar-refractivity contribution is 0.253. The minimum Gasteiger partial charge on any atom is -0.351 e. The zero-order chi connectivity index (χ0) is 11.4. The van der Waals surface area contributed by atoms with Crippen molar-refractivity contribution in [3.05, 3.63) is 29.3 Å². The molecule has 0 aromatic heterocycles. The van der Waals surface area contributed by atoms with Gasteiger partial charge in [-0.2, -0.15) is 0 Å². The van der Waals surface area contributed by atoms with Crippen LogP contribution in [0.2, 0.25) is 5.02 Å². The molecule has 16 heavy (non-hydrogen) atoms. The van der Waals surface area contributed by atoms with Gasteiger partial charge in [-0.05, 0) is 24.3 Å². The van der Waals surface area contributed by atoms with Gasteiger partial charge in [0.2, 0.25) is 5.96 Å². The normalized spacial score (nSPS) is 8.88. The van der Waals surface area contributed by atoms with Gasteiger partial charge in [0.05, 0.1) is 0 Å². The van der Waals surface area contributed by atoms with Gasteiger partial charge < -0.3 is 10.6 Å². The van der Waals surface area contributed by atoms with E-state index in [4.69, 9.17) is 22.7 Å². The summed E-state index contributed by atoms with van der Waals surface area (Å²) in [6, 6.07) is 6.11. The molecule has 0 aliphatic heterocycles. The first-order valence-corrected chi connectivity index (χ1v) is 4.53. The molecule has 0 aliphatic rings. The van der Waals surface area contributed by atoms with Gasteiger partial charge in [-0.25, -0.2) is 4.79 Å². The second kappa shape index (κ2) is 6.19. The van der Waals surface area contributed by atoms with Gasteiger partial charge in [0.1, 0.15) is 0 Å². The SMILES string of the molecule is CN(C(=N)NC(N)=O)c1ccc(Cl)cc1.Cl. The highest BCUT2D eigenvalue weighted by Gasteiger charge is 2.07. The maximum absolute atomic E-state index is 10.5. The number of carbonyl (C=O) groups excluding carboxylic acids is 1. The number of guanidine groups is 1. The third-order valence-electron chi connectivity index (χ3n) is 1.79. The van der Waals surface area contributed by atoms with Gasteiger partial charge in [0, 0.05) is 17.8 Å². The number of benzene rings is 1. The van der Waals surface area contributed by atoms with Crippen LogP contribution in [0.5, 0.6) is 0 Å². The summed E-state index contributed by atoms with van der Waals surface area (Å²) in [7, 11) is 1.64. The summed E-state index contributed by atoms with van der Waals surface area (Å²) in [6.45, 7) is 0. The lowest BCUT2D eigenvalue weighted by Crippen LogP contribution is -2.43. The highest BCUT2D eigenvalue weighted by atomic mass is 35.5. The summed E-state index contributed by atoms with van der Waals surface area (Å²) in [5.74, 6) is -0.0928. The Morgan fingerprint density at radius 1 is 1.44 bits per heavy atom. The summed E-state index contributed by atoms with van der Waals surface area (Å²) < 4.78 is 0. The fourth-order valence-corrected chi connectivity index (χ4v) is 1.12. The van der Waals surface area contributed by atoms with E-state index in [1.165, 1.54) is 4.90 Å². The average molecular weight is 263 g/mol. The minimum atomic E-state index is -0.763. The number of urea groups is 1. The van der Waals surface area contributed by atoms with Crippen LogP contribution in [0.25, 0.3) is 0 Å². The van der Waals surface area contributed by atoms with Crippen molar-refractivity contribution in [2.75, 3.05) is 11.9 Å². The molecule has 5 nitrogen and oxygen atoms in total. The van der Waals surface area contributed by atoms with Crippen LogP contribution in [0.1, 0.15) is 0 Å². The summed E-state index contributed by atoms with van der Waals surface area (Å²) in [5.41, 5.74) is 5.63. The van der Waals surface area contributed by atoms with Crippen LogP contribution in [-0.2, 0) is 0 Å². The Kier molecular flexibility index (Phi) is 5.63. The van der Waals surface area contributed by atoms with E-state index in [1.54, 1.807) is 31.3 Å². The molecule has 0 atom stereocenters. The van der Waals surface area contributed by atoms with E-state index in [-0.39, 0.29) is 18.4 Å². The molecule has 0 spiro atoms. The number of carbonyl (C=O) groups is 1. The molecule has 0 heterocycles. The second-order valence-electron chi connectivity index (χ2n) is 2.87. The van der Waals surface area contributed by atoms with Gasteiger partial charge in [-0.15, -0.1) is 12.4 Å². The Hall–Kier alpha value is -1.46. The Morgan fingerprint density at radius 2 is 1.94 bits per heavy atom. The second-order valence-corrected chi connectivity index (χ2v) is 3.31. The van der Waals surface area contributed by atoms with Crippen LogP contribution in [-0.4, -0.2) is 19.0 Å². The number of amides is 2. The zero-order valence-electron chi connectivity index (χ0n) is 8.53. The first-order valence-electron chi connectivity index (χ1n) is 4.15. The zero-order valence-corrected chi connectivity index (χ0v) is 10.1. The number of hydrogen-bond acceptors (Lipinski definition) is 2. The molecule has 7 heteroatoms. The number of nitrogens with zero attached hydrogens (tertiary/aromatic N) is 1. The molecule has 0 unspecified atom stereocenters. The summed E-state index contributed by atoms with van der Waals surface area (Å²) in [4.78, 5) is 12.0. The van der Waals surface area contributed by atoms with Crippen LogP contribution < -0.4 is 16.0 Å². The van der Waals surface area contributed by atoms with Crippen LogP contribution in [0, 0.1) is 5.41 Å². The topological polar surface area (TPSA) is 82.2 Å². The van der Waals surface area contributed by atoms with Crippen molar-refractivity contribution in [2.45, 2.75) is 0 Å². The molecule has 0 saturated heterocycles. The van der Waals surface area contributed by atoms with Crippen molar-refractivity contribution in [3.8, 4) is 0 Å². The van der Waals surface area contributed by atoms with E-state index in [0.717, 1.165) is 5.69 Å². The lowest BCUT2D eigenvalue weighted by Gasteiger charge is -2.19. The maximum atomic E-state index is 10.5. The molecule has 0 bridgehead atoms. The van der Waals surface area contributed by atoms with Gasteiger partial charge in [-0.1, -0.05) is 11.6 Å². The van der Waals surface area contributed by atoms with Crippen LogP contribution >= 0.6 is 24.0 Å². The lowest BCUT2D eigenvalue weighted by atomic mass is 10.3. The Labute approximate surface area is 104 Å². The third kappa shape index (κ3) is 3.96. The quantitative estimate of drug-likeness (QED) is 0.533. The number of anilines is 1. The molecule has 0 saturated carbocycles. The first-order chi connectivity index (χ1) is 7.00. The van der Waals surface area contributed by atoms with Crippen LogP contribution in [0.15, 0.2) is 24.3 Å². The smallest absolute Gasteiger partial charge is 0.318 e. The molecule has 1 aromatic carbocycles. The third-order valence-corrected chi connectivity index (χ3v) is 2.04. The number of rotatable bonds is 1. The van der Waals surface area contributed by atoms with E-state index < -0.39 is 6.03 Å². The van der Waals surface area contributed by atoms with Gasteiger partial charge >= 0.3 is 6.03 Å². The van der Waals surface area contributed by atoms with E-state index in [1.807, 2.05) is 0 Å². The predicted octanol–water partition coefficient (Wildman–Crippen LogP) is 1.80. The van der Waals surface area contributed by atoms with Crippen molar-refractivity contribution >= 4 is 41.7 Å². The molecule has 0 fully saturated rings. The van der Waals surface area contributed by atoms with Gasteiger partial charge in [-0.3, -0.25) is 10.7 Å². The standard InChI is InChI=1S/C9H11ClN4O.ClH/c1-14(8(11)13-9(12)15)7-4-2-6(10)3-5-7;/h2-5H,1H3,(H4,11,12,13,15);1H. The molecule has 88 valence electrons. The minimum absolute atomic E-state index is 0. The largest absolute Gasteiger partial charge is 0.351 e. The highest BCUT2D eigenvalue weighted by Crippen LogP contribution is 2.16. The van der Waals surface area contributed by atoms with Gasteiger partial charge in [0.15, 0.2) is 0 Å². The molecule has 1 aromatic rings. The Bertz CT molecular complexity index is 380. The van der Waals surface area contributed by atoms with E-state index in [9.17, 15) is 4.79 Å². The number of primary amides is 1. The number of halogens is 2. The fraction of sp³-hybridized carbons (Fsp3) is 0.111. The Morgan fingerprint density at radius 3 is 2.38 bits per heavy atom. The highest BCUT2D eigenvalue weighted by molar-refractivity contribution is 6.30. The molecule has 0 radical (unpaired) electrons. The van der Waals surface area contributed by atoms with Crippen LogP contribution in [0.3, 0.4) is 0 Å². The van der Waals surface area contributed by atoms with Crippen molar-refractivity contribution in [2.24, 2.45) is 5.73 Å². The molecular formula is C9H12Cl2N4O.